The number of rotatable bonds is 0. The van der Waals surface area contributed by atoms with E-state index >= 15 is 0 Å². The zero-order valence-corrected chi connectivity index (χ0v) is 3.86. The van der Waals surface area contributed by atoms with E-state index in [9.17, 15) is 0 Å². The molecule has 3 heteroatoms. The van der Waals surface area contributed by atoms with Crippen molar-refractivity contribution in [3.63, 3.8) is 0 Å². The largest absolute Gasteiger partial charge is 1.00 e. The highest BCUT2D eigenvalue weighted by molar-refractivity contribution is 4.99. The van der Waals surface area contributed by atoms with Crippen LogP contribution >= 0.6 is 0 Å². The smallest absolute Gasteiger partial charge is 0.181 e. The second-order valence-corrected chi connectivity index (χ2v) is 0.224. The monoisotopic (exact) mass is 131 g/mol. The summed E-state index contributed by atoms with van der Waals surface area (Å²) in [7, 11) is 0. The molecule has 0 aromatic heterocycles. The summed E-state index contributed by atoms with van der Waals surface area (Å²) in [6.07, 6.45) is 0. The average Bonchev–Trinajstić information content (AvgIpc) is 1.37. The molecule has 0 radical (unpaired) electrons. The van der Waals surface area contributed by atoms with Gasteiger partial charge >= 0.3 is 0 Å². The first kappa shape index (κ1) is 8.82. The summed E-state index contributed by atoms with van der Waals surface area (Å²) in [4.78, 5) is 0. The fraction of sp³-hybridized carbons (Fsp3) is 0. The third kappa shape index (κ3) is 34.9. The van der Waals surface area contributed by atoms with Crippen LogP contribution in [0.5, 0.6) is 0 Å². The summed E-state index contributed by atoms with van der Waals surface area (Å²) in [5, 5.41) is 14.5. The van der Waals surface area contributed by atoms with Crippen LogP contribution in [0.25, 0.3) is 0 Å². The second-order valence-electron chi connectivity index (χ2n) is 0.224. The quantitative estimate of drug-likeness (QED) is 0.353. The maximum Gasteiger partial charge on any atom is 0.181 e. The van der Waals surface area contributed by atoms with Crippen molar-refractivity contribution in [1.82, 2.24) is 0 Å². The Morgan fingerprint density at radius 1 is 1.00 bits per heavy atom. The van der Waals surface area contributed by atoms with E-state index in [-0.39, 0.29) is 17.0 Å². The number of hydrogen-bond acceptors (Lipinski definition) is 2. The van der Waals surface area contributed by atoms with E-state index in [1.807, 2.05) is 0 Å². The average molecular weight is 132 g/mol. The van der Waals surface area contributed by atoms with Crippen LogP contribution < -0.4 is 17.0 Å². The second kappa shape index (κ2) is 9.82. The summed E-state index contributed by atoms with van der Waals surface area (Å²) in [6.45, 7) is 0. The van der Waals surface area contributed by atoms with Gasteiger partial charge in [0, 0.05) is 0 Å². The van der Waals surface area contributed by atoms with E-state index in [1.165, 1.54) is 12.1 Å². The first-order valence-corrected chi connectivity index (χ1v) is 0.697. The van der Waals surface area contributed by atoms with Crippen molar-refractivity contribution in [2.24, 2.45) is 0 Å². The molecule has 0 bridgehead atoms. The SMILES string of the molecule is N#CC#N.[Br-]. The Bertz CT molecular complexity index is 62.6. The normalized spacial score (nSPS) is 2.00. The van der Waals surface area contributed by atoms with Crippen LogP contribution in [0.4, 0.5) is 0 Å². The molecule has 0 aliphatic carbocycles. The summed E-state index contributed by atoms with van der Waals surface area (Å²) in [5.74, 6) is 0. The van der Waals surface area contributed by atoms with Crippen molar-refractivity contribution in [3.8, 4) is 12.1 Å². The van der Waals surface area contributed by atoms with Gasteiger partial charge in [-0.25, -0.2) is 0 Å². The van der Waals surface area contributed by atoms with E-state index in [0.29, 0.717) is 0 Å². The van der Waals surface area contributed by atoms with E-state index in [1.54, 1.807) is 0 Å². The van der Waals surface area contributed by atoms with Crippen molar-refractivity contribution in [2.75, 3.05) is 0 Å². The van der Waals surface area contributed by atoms with Gasteiger partial charge in [0.1, 0.15) is 0 Å². The number of halogens is 1. The Morgan fingerprint density at radius 3 is 1.20 bits per heavy atom. The lowest BCUT2D eigenvalue weighted by Gasteiger charge is -1.16. The highest BCUT2D eigenvalue weighted by Gasteiger charge is 1.39. The summed E-state index contributed by atoms with van der Waals surface area (Å²) < 4.78 is 0. The van der Waals surface area contributed by atoms with Crippen molar-refractivity contribution in [1.29, 1.82) is 10.5 Å². The molecule has 2 nitrogen and oxygen atoms in total. The van der Waals surface area contributed by atoms with Crippen molar-refractivity contribution < 1.29 is 17.0 Å². The molecule has 0 atom stereocenters. The molecule has 0 aromatic rings. The topological polar surface area (TPSA) is 47.6 Å². The summed E-state index contributed by atoms with van der Waals surface area (Å²) in [6, 6.07) is 2.47. The molecule has 26 valence electrons. The Balaban J connectivity index is 0. The molecule has 0 aromatic carbocycles. The van der Waals surface area contributed by atoms with E-state index < -0.39 is 0 Å². The van der Waals surface area contributed by atoms with Gasteiger partial charge in [0.25, 0.3) is 0 Å². The van der Waals surface area contributed by atoms with E-state index in [0.717, 1.165) is 0 Å². The lowest BCUT2D eigenvalue weighted by atomic mass is 10.9. The van der Waals surface area contributed by atoms with Gasteiger partial charge in [-0.2, -0.15) is 10.5 Å². The molecule has 0 fully saturated rings. The summed E-state index contributed by atoms with van der Waals surface area (Å²) >= 11 is 0. The van der Waals surface area contributed by atoms with Gasteiger partial charge in [0.2, 0.25) is 0 Å². The number of hydrogen-bond donors (Lipinski definition) is 0. The minimum atomic E-state index is 0. The lowest BCUT2D eigenvalue weighted by Crippen LogP contribution is -3.00. The fourth-order valence-electron chi connectivity index (χ4n) is 0. The fourth-order valence-corrected chi connectivity index (χ4v) is 0. The van der Waals surface area contributed by atoms with Crippen LogP contribution in [0.15, 0.2) is 0 Å². The molecule has 0 heterocycles. The third-order valence-electron chi connectivity index (χ3n) is 0.0500. The molecule has 0 aliphatic heterocycles. The van der Waals surface area contributed by atoms with Crippen molar-refractivity contribution >= 4 is 0 Å². The lowest BCUT2D eigenvalue weighted by molar-refractivity contribution is -0.00000135. The highest BCUT2D eigenvalue weighted by atomic mass is 79.9. The summed E-state index contributed by atoms with van der Waals surface area (Å²) in [5.41, 5.74) is 0. The molecule has 0 saturated carbocycles. The molecule has 0 aliphatic rings. The Hall–Kier alpha value is -0.540. The van der Waals surface area contributed by atoms with Crippen LogP contribution in [0.2, 0.25) is 0 Å². The zero-order valence-electron chi connectivity index (χ0n) is 2.27. The van der Waals surface area contributed by atoms with Crippen LogP contribution in [0.1, 0.15) is 0 Å². The van der Waals surface area contributed by atoms with Gasteiger partial charge in [-0.3, -0.25) is 0 Å². The van der Waals surface area contributed by atoms with Gasteiger partial charge < -0.3 is 17.0 Å². The molecule has 0 N–H and O–H groups in total. The van der Waals surface area contributed by atoms with Crippen LogP contribution in [0, 0.1) is 22.7 Å². The molecular weight excluding hydrogens is 132 g/mol. The van der Waals surface area contributed by atoms with Crippen LogP contribution in [-0.4, -0.2) is 0 Å². The predicted molar refractivity (Wildman–Crippen MR) is 11.2 cm³/mol. The van der Waals surface area contributed by atoms with Gasteiger partial charge in [0.15, 0.2) is 12.1 Å². The minimum Gasteiger partial charge on any atom is -1.00 e. The molecule has 0 unspecified atom stereocenters. The Kier molecular flexibility index (Phi) is 17.3. The standard InChI is InChI=1S/C2N2.BrH/c3-1-2-4;/h;1H/p-1. The van der Waals surface area contributed by atoms with Gasteiger partial charge in [0.05, 0.1) is 0 Å². The number of nitrogens with zero attached hydrogens (tertiary/aromatic N) is 2. The molecule has 0 amide bonds. The molecular formula is C2BrN2-. The number of nitriles is 2. The Labute approximate surface area is 40.4 Å². The predicted octanol–water partition coefficient (Wildman–Crippen LogP) is -2.96. The first-order chi connectivity index (χ1) is 1.91. The van der Waals surface area contributed by atoms with Crippen molar-refractivity contribution in [3.05, 3.63) is 0 Å². The van der Waals surface area contributed by atoms with Gasteiger partial charge in [-0.1, -0.05) is 0 Å². The maximum absolute atomic E-state index is 7.26. The van der Waals surface area contributed by atoms with Gasteiger partial charge in [-0.05, 0) is 0 Å². The zero-order chi connectivity index (χ0) is 3.41. The molecule has 5 heavy (non-hydrogen) atoms. The Morgan fingerprint density at radius 2 is 1.20 bits per heavy atom. The van der Waals surface area contributed by atoms with Gasteiger partial charge in [-0.15, -0.1) is 0 Å². The van der Waals surface area contributed by atoms with E-state index in [2.05, 4.69) is 0 Å². The minimum absolute atomic E-state index is 0. The van der Waals surface area contributed by atoms with Crippen LogP contribution in [-0.2, 0) is 0 Å². The van der Waals surface area contributed by atoms with E-state index in [4.69, 9.17) is 10.5 Å². The first-order valence-electron chi connectivity index (χ1n) is 0.697. The third-order valence-corrected chi connectivity index (χ3v) is 0.0500. The molecule has 0 spiro atoms. The van der Waals surface area contributed by atoms with Crippen molar-refractivity contribution in [2.45, 2.75) is 0 Å². The highest BCUT2D eigenvalue weighted by Crippen LogP contribution is 1.27. The maximum atomic E-state index is 7.26. The molecule has 0 rings (SSSR count). The molecule has 0 saturated heterocycles. The van der Waals surface area contributed by atoms with Crippen LogP contribution in [0.3, 0.4) is 0 Å².